The molecule has 7 heterocycles. The van der Waals surface area contributed by atoms with Crippen LogP contribution in [0.15, 0.2) is 159 Å². The third-order valence-corrected chi connectivity index (χ3v) is 20.1. The zero-order valence-corrected chi connectivity index (χ0v) is 44.5. The third kappa shape index (κ3) is 13.4. The van der Waals surface area contributed by atoms with Gasteiger partial charge in [-0.2, -0.15) is 0 Å². The lowest BCUT2D eigenvalue weighted by atomic mass is 10.3. The summed E-state index contributed by atoms with van der Waals surface area (Å²) in [5.41, 5.74) is 0. The van der Waals surface area contributed by atoms with Gasteiger partial charge in [0.2, 0.25) is 0 Å². The molecule has 0 N–H and O–H groups in total. The Hall–Kier alpha value is -6.63. The number of ether oxygens (including phenoxy) is 12. The molecule has 0 radical (unpaired) electrons. The van der Waals surface area contributed by atoms with Crippen molar-refractivity contribution < 1.29 is 84.0 Å². The van der Waals surface area contributed by atoms with Crippen LogP contribution in [0.2, 0.25) is 0 Å². The van der Waals surface area contributed by atoms with Gasteiger partial charge < -0.3 is 84.0 Å². The lowest BCUT2D eigenvalue weighted by molar-refractivity contribution is 0.253. The number of nitrogens with zero attached hydrogens (tertiary/aromatic N) is 3. The fraction of sp³-hybridized carbons (Fsp3) is 0.333. The zero-order valence-electron chi connectivity index (χ0n) is 41.8. The summed E-state index contributed by atoms with van der Waals surface area (Å²) in [5.74, 6) is 3.11. The maximum atomic E-state index is 7.35. The Morgan fingerprint density at radius 3 is 0.538 bits per heavy atom. The Kier molecular flexibility index (Phi) is 14.7. The molecule has 13 rings (SSSR count). The molecule has 0 aromatic heterocycles. The standard InChI is InChI=1S/C54H54N3O18P3/c1-7-19-49(43(13-1)64-31-37-25-58-37)70-76(71-50-20-8-2-14-44(50)65-32-38-26-59-38)55-77(72-51-21-9-3-15-45(51)66-33-39-27-60-39,73-52-22-10-4-16-46(52)67-34-40-28-61-40)57-78(56-76,74-53-23-11-5-17-47(53)68-35-41-29-62-41)75-54-24-12-6-18-48(54)69-36-42-30-63-42/h1-24,37-42H,25-36H2. The van der Waals surface area contributed by atoms with Gasteiger partial charge in [-0.25, -0.2) is 0 Å². The molecule has 0 aliphatic carbocycles. The average molecular weight is 1130 g/mol. The van der Waals surface area contributed by atoms with E-state index in [4.69, 9.17) is 97.5 Å². The summed E-state index contributed by atoms with van der Waals surface area (Å²) in [6.45, 7) is 4.73. The first kappa shape index (κ1) is 50.8. The Bertz CT molecular complexity index is 2720. The molecule has 21 nitrogen and oxygen atoms in total. The number of hydrogen-bond donors (Lipinski definition) is 0. The van der Waals surface area contributed by atoms with E-state index in [9.17, 15) is 0 Å². The van der Waals surface area contributed by atoms with Crippen molar-refractivity contribution in [3.8, 4) is 69.0 Å². The van der Waals surface area contributed by atoms with Crippen LogP contribution in [-0.4, -0.2) is 116 Å². The van der Waals surface area contributed by atoms with E-state index in [-0.39, 0.29) is 111 Å². The van der Waals surface area contributed by atoms with Crippen molar-refractivity contribution >= 4 is 23.0 Å². The van der Waals surface area contributed by atoms with Crippen LogP contribution in [0.1, 0.15) is 0 Å². The number of hydrogen-bond acceptors (Lipinski definition) is 21. The molecule has 0 saturated carbocycles. The summed E-state index contributed by atoms with van der Waals surface area (Å²) in [7, 11) is -13.8. The van der Waals surface area contributed by atoms with Gasteiger partial charge in [-0.3, -0.25) is 0 Å². The highest BCUT2D eigenvalue weighted by atomic mass is 31.3. The highest BCUT2D eigenvalue weighted by molar-refractivity contribution is 7.79. The summed E-state index contributed by atoms with van der Waals surface area (Å²) in [6.07, 6.45) is -0.632. The average Bonchev–Trinajstić information content (AvgIpc) is 4.29. The van der Waals surface area contributed by atoms with Gasteiger partial charge >= 0.3 is 23.0 Å². The van der Waals surface area contributed by atoms with Crippen LogP contribution in [0.4, 0.5) is 0 Å². The van der Waals surface area contributed by atoms with Crippen LogP contribution in [0, 0.1) is 0 Å². The van der Waals surface area contributed by atoms with Crippen LogP contribution in [0.25, 0.3) is 0 Å². The first-order chi connectivity index (χ1) is 38.4. The van der Waals surface area contributed by atoms with E-state index >= 15 is 0 Å². The largest absolute Gasteiger partial charge is 0.487 e. The van der Waals surface area contributed by atoms with Crippen molar-refractivity contribution in [1.82, 2.24) is 0 Å². The number of rotatable bonds is 30. The molecule has 6 aromatic carbocycles. The van der Waals surface area contributed by atoms with Crippen molar-refractivity contribution in [2.45, 2.75) is 36.6 Å². The van der Waals surface area contributed by atoms with Crippen molar-refractivity contribution in [1.29, 1.82) is 0 Å². The predicted octanol–water partition coefficient (Wildman–Crippen LogP) is 11.0. The highest BCUT2D eigenvalue weighted by Gasteiger charge is 2.51. The minimum Gasteiger partial charge on any atom is -0.487 e. The quantitative estimate of drug-likeness (QED) is 0.0302. The van der Waals surface area contributed by atoms with Gasteiger partial charge in [0.25, 0.3) is 0 Å². The molecule has 7 aliphatic rings. The molecule has 7 aliphatic heterocycles. The van der Waals surface area contributed by atoms with E-state index in [2.05, 4.69) is 0 Å². The Labute approximate surface area is 449 Å². The van der Waals surface area contributed by atoms with E-state index in [1.807, 2.05) is 36.4 Å². The second-order valence-corrected chi connectivity index (χ2v) is 24.8. The monoisotopic (exact) mass is 1130 g/mol. The fourth-order valence-electron chi connectivity index (χ4n) is 7.48. The van der Waals surface area contributed by atoms with Gasteiger partial charge in [0.1, 0.15) is 76.3 Å². The van der Waals surface area contributed by atoms with Crippen molar-refractivity contribution in [2.24, 2.45) is 13.5 Å². The lowest BCUT2D eigenvalue weighted by Crippen LogP contribution is -2.14. The van der Waals surface area contributed by atoms with Crippen LogP contribution in [0.5, 0.6) is 69.0 Å². The molecule has 6 saturated heterocycles. The first-order valence-electron chi connectivity index (χ1n) is 25.5. The molecule has 6 unspecified atom stereocenters. The molecule has 0 amide bonds. The molecule has 78 heavy (non-hydrogen) atoms. The maximum absolute atomic E-state index is 7.35. The number of benzene rings is 6. The SMILES string of the molecule is c1ccc(OP2(Oc3ccccc3OCC3CO3)=NP(Oc3ccccc3OCC3CO3)(Oc3ccccc3OCC3CO3)=NP(Oc3ccccc3OCC3CO3)(Oc3ccccc3OCC3CO3)=N2)c(OCC2CO2)c1. The van der Waals surface area contributed by atoms with Crippen LogP contribution in [-0.2, 0) is 28.4 Å². The molecular formula is C54H54N3O18P3. The van der Waals surface area contributed by atoms with Gasteiger partial charge in [0.05, 0.1) is 39.6 Å². The minimum absolute atomic E-state index is 0.105. The Morgan fingerprint density at radius 1 is 0.256 bits per heavy atom. The molecule has 0 bridgehead atoms. The topological polar surface area (TPSA) is 223 Å². The summed E-state index contributed by atoms with van der Waals surface area (Å²) < 4.78 is 132. The first-order valence-corrected chi connectivity index (χ1v) is 30.1. The molecule has 6 atom stereocenters. The third-order valence-electron chi connectivity index (χ3n) is 12.0. The number of epoxide rings is 6. The van der Waals surface area contributed by atoms with E-state index in [1.165, 1.54) is 0 Å². The predicted molar refractivity (Wildman–Crippen MR) is 282 cm³/mol. The normalized spacial score (nSPS) is 27.4. The van der Waals surface area contributed by atoms with Crippen molar-refractivity contribution in [3.05, 3.63) is 146 Å². The van der Waals surface area contributed by atoms with Gasteiger partial charge in [-0.15, -0.1) is 0 Å². The summed E-state index contributed by atoms with van der Waals surface area (Å²) in [6, 6.07) is 42.6. The smallest absolute Gasteiger partial charge is 0.461 e. The molecule has 6 aromatic rings. The molecule has 24 heteroatoms. The van der Waals surface area contributed by atoms with Gasteiger partial charge in [-0.05, 0) is 72.8 Å². The van der Waals surface area contributed by atoms with Gasteiger partial charge in [0, 0.05) is 0 Å². The van der Waals surface area contributed by atoms with E-state index in [1.54, 1.807) is 109 Å². The van der Waals surface area contributed by atoms with Crippen molar-refractivity contribution in [2.75, 3.05) is 79.3 Å². The lowest BCUT2D eigenvalue weighted by Gasteiger charge is -2.34. The fourth-order valence-corrected chi connectivity index (χ4v) is 16.6. The van der Waals surface area contributed by atoms with Crippen LogP contribution < -0.4 is 55.6 Å². The van der Waals surface area contributed by atoms with Crippen LogP contribution >= 0.6 is 23.0 Å². The summed E-state index contributed by atoms with van der Waals surface area (Å²) >= 11 is 0. The summed E-state index contributed by atoms with van der Waals surface area (Å²) in [4.78, 5) is 0. The zero-order chi connectivity index (χ0) is 52.2. The Morgan fingerprint density at radius 2 is 0.397 bits per heavy atom. The molecule has 408 valence electrons. The van der Waals surface area contributed by atoms with E-state index in [0.29, 0.717) is 74.1 Å². The molecule has 6 fully saturated rings. The van der Waals surface area contributed by atoms with Gasteiger partial charge in [0.15, 0.2) is 69.0 Å². The van der Waals surface area contributed by atoms with Crippen LogP contribution in [0.3, 0.4) is 0 Å². The van der Waals surface area contributed by atoms with E-state index in [0.717, 1.165) is 0 Å². The second-order valence-electron chi connectivity index (χ2n) is 18.6. The van der Waals surface area contributed by atoms with Crippen molar-refractivity contribution in [3.63, 3.8) is 0 Å². The summed E-state index contributed by atoms with van der Waals surface area (Å²) in [5, 5.41) is 0. The van der Waals surface area contributed by atoms with Gasteiger partial charge in [-0.1, -0.05) is 86.3 Å². The second kappa shape index (κ2) is 22.6. The molecular weight excluding hydrogens is 1070 g/mol. The Balaban J connectivity index is 1.07. The van der Waals surface area contributed by atoms with E-state index < -0.39 is 23.0 Å². The number of para-hydroxylation sites is 12. The molecule has 0 spiro atoms. The maximum Gasteiger partial charge on any atom is 0.461 e. The highest BCUT2D eigenvalue weighted by Crippen LogP contribution is 2.80. The minimum atomic E-state index is -4.60.